The summed E-state index contributed by atoms with van der Waals surface area (Å²) in [6.07, 6.45) is 2.02. The van der Waals surface area contributed by atoms with E-state index in [9.17, 15) is 9.59 Å². The fourth-order valence-electron chi connectivity index (χ4n) is 3.00. The lowest BCUT2D eigenvalue weighted by Crippen LogP contribution is -2.25. The lowest BCUT2D eigenvalue weighted by atomic mass is 10.2. The quantitative estimate of drug-likeness (QED) is 0.575. The molecule has 4 rings (SSSR count). The first-order chi connectivity index (χ1) is 14.4. The topological polar surface area (TPSA) is 80.3 Å². The van der Waals surface area contributed by atoms with E-state index in [2.05, 4.69) is 15.6 Å². The van der Waals surface area contributed by atoms with Crippen LogP contribution in [0.5, 0.6) is 5.75 Å². The van der Waals surface area contributed by atoms with Gasteiger partial charge in [-0.1, -0.05) is 29.3 Å². The molecule has 8 heteroatoms. The molecule has 1 aliphatic rings. The Morgan fingerprint density at radius 1 is 1.13 bits per heavy atom. The zero-order chi connectivity index (χ0) is 21.3. The molecular formula is C22H19Cl2N3O3. The van der Waals surface area contributed by atoms with Crippen molar-refractivity contribution in [3.05, 3.63) is 63.8 Å². The first-order valence-electron chi connectivity index (χ1n) is 9.49. The molecule has 2 N–H and O–H groups in total. The van der Waals surface area contributed by atoms with E-state index in [1.165, 1.54) is 0 Å². The Hall–Kier alpha value is -2.83. The number of fused-ring (bicyclic) bond motifs is 1. The molecule has 0 aliphatic heterocycles. The van der Waals surface area contributed by atoms with Gasteiger partial charge in [-0.15, -0.1) is 0 Å². The van der Waals surface area contributed by atoms with Crippen LogP contribution in [0.15, 0.2) is 42.5 Å². The number of rotatable bonds is 6. The third kappa shape index (κ3) is 4.66. The van der Waals surface area contributed by atoms with E-state index in [1.54, 1.807) is 30.3 Å². The summed E-state index contributed by atoms with van der Waals surface area (Å²) in [6.45, 7) is 1.57. The molecule has 1 aromatic heterocycles. The van der Waals surface area contributed by atoms with E-state index in [1.807, 2.05) is 19.1 Å². The van der Waals surface area contributed by atoms with Gasteiger partial charge in [0.15, 0.2) is 12.4 Å². The number of aromatic nitrogens is 1. The highest BCUT2D eigenvalue weighted by molar-refractivity contribution is 6.39. The highest BCUT2D eigenvalue weighted by atomic mass is 35.5. The standard InChI is InChI=1S/C22H19Cl2N3O3/c1-12-5-8-16-17(23)10-18(24)21(20(16)25-12)30-11-19(28)26-15-4-2-3-13(9-15)22(29)27-14-6-7-14/h2-5,8-10,14H,6-7,11H2,1H3,(H,26,28)(H,27,29). The lowest BCUT2D eigenvalue weighted by molar-refractivity contribution is -0.118. The fourth-order valence-corrected chi connectivity index (χ4v) is 3.57. The molecule has 6 nitrogen and oxygen atoms in total. The Kier molecular flexibility index (Phi) is 5.79. The predicted octanol–water partition coefficient (Wildman–Crippen LogP) is 4.76. The second-order valence-electron chi connectivity index (χ2n) is 7.18. The largest absolute Gasteiger partial charge is 0.480 e. The van der Waals surface area contributed by atoms with Crippen LogP contribution in [-0.4, -0.2) is 29.4 Å². The van der Waals surface area contributed by atoms with Crippen LogP contribution in [0.4, 0.5) is 5.69 Å². The summed E-state index contributed by atoms with van der Waals surface area (Å²) in [5, 5.41) is 7.08. The Morgan fingerprint density at radius 3 is 2.70 bits per heavy atom. The van der Waals surface area contributed by atoms with Crippen LogP contribution in [0.1, 0.15) is 28.9 Å². The molecular weight excluding hydrogens is 425 g/mol. The molecule has 1 heterocycles. The van der Waals surface area contributed by atoms with Gasteiger partial charge in [0.1, 0.15) is 5.52 Å². The molecule has 1 aliphatic carbocycles. The number of hydrogen-bond acceptors (Lipinski definition) is 4. The van der Waals surface area contributed by atoms with Crippen LogP contribution in [0.3, 0.4) is 0 Å². The fraction of sp³-hybridized carbons (Fsp3) is 0.227. The number of carbonyl (C=O) groups excluding carboxylic acids is 2. The summed E-state index contributed by atoms with van der Waals surface area (Å²) in [5.41, 5.74) is 2.27. The summed E-state index contributed by atoms with van der Waals surface area (Å²) < 4.78 is 5.69. The minimum absolute atomic E-state index is 0.147. The summed E-state index contributed by atoms with van der Waals surface area (Å²) >= 11 is 12.5. The lowest BCUT2D eigenvalue weighted by Gasteiger charge is -2.13. The number of halogens is 2. The Labute approximate surface area is 183 Å². The molecule has 154 valence electrons. The van der Waals surface area contributed by atoms with Crippen LogP contribution in [-0.2, 0) is 4.79 Å². The molecule has 3 aromatic rings. The molecule has 0 atom stereocenters. The zero-order valence-electron chi connectivity index (χ0n) is 16.2. The van der Waals surface area contributed by atoms with Crippen LogP contribution in [0, 0.1) is 6.92 Å². The van der Waals surface area contributed by atoms with Gasteiger partial charge >= 0.3 is 0 Å². The average molecular weight is 444 g/mol. The summed E-state index contributed by atoms with van der Waals surface area (Å²) in [7, 11) is 0. The number of carbonyl (C=O) groups is 2. The van der Waals surface area contributed by atoms with Crippen molar-refractivity contribution in [2.45, 2.75) is 25.8 Å². The zero-order valence-corrected chi connectivity index (χ0v) is 17.7. The van der Waals surface area contributed by atoms with Crippen LogP contribution >= 0.6 is 23.2 Å². The van der Waals surface area contributed by atoms with Crippen molar-refractivity contribution >= 4 is 51.6 Å². The minimum atomic E-state index is -0.387. The minimum Gasteiger partial charge on any atom is -0.480 e. The van der Waals surface area contributed by atoms with Gasteiger partial charge in [-0.05, 0) is 56.2 Å². The molecule has 0 saturated heterocycles. The maximum absolute atomic E-state index is 12.4. The van der Waals surface area contributed by atoms with E-state index in [0.717, 1.165) is 18.5 Å². The van der Waals surface area contributed by atoms with E-state index in [4.69, 9.17) is 27.9 Å². The number of aryl methyl sites for hydroxylation is 1. The van der Waals surface area contributed by atoms with Crippen LogP contribution in [0.25, 0.3) is 10.9 Å². The molecule has 0 radical (unpaired) electrons. The Balaban J connectivity index is 1.45. The second kappa shape index (κ2) is 8.50. The van der Waals surface area contributed by atoms with Crippen molar-refractivity contribution in [1.82, 2.24) is 10.3 Å². The number of nitrogens with one attached hydrogen (secondary N) is 2. The van der Waals surface area contributed by atoms with E-state index >= 15 is 0 Å². The molecule has 1 fully saturated rings. The van der Waals surface area contributed by atoms with Crippen molar-refractivity contribution in [2.75, 3.05) is 11.9 Å². The van der Waals surface area contributed by atoms with E-state index in [0.29, 0.717) is 32.9 Å². The van der Waals surface area contributed by atoms with Crippen molar-refractivity contribution < 1.29 is 14.3 Å². The third-order valence-corrected chi connectivity index (χ3v) is 5.24. The van der Waals surface area contributed by atoms with E-state index in [-0.39, 0.29) is 29.5 Å². The van der Waals surface area contributed by atoms with Gasteiger partial charge in [0.2, 0.25) is 0 Å². The highest BCUT2D eigenvalue weighted by Gasteiger charge is 2.24. The third-order valence-electron chi connectivity index (χ3n) is 4.65. The van der Waals surface area contributed by atoms with Gasteiger partial charge in [0, 0.05) is 28.4 Å². The van der Waals surface area contributed by atoms with Crippen molar-refractivity contribution in [2.24, 2.45) is 0 Å². The molecule has 0 bridgehead atoms. The number of pyridine rings is 1. The van der Waals surface area contributed by atoms with E-state index < -0.39 is 0 Å². The van der Waals surface area contributed by atoms with Crippen molar-refractivity contribution in [3.63, 3.8) is 0 Å². The molecule has 30 heavy (non-hydrogen) atoms. The number of anilines is 1. The Bertz CT molecular complexity index is 1150. The van der Waals surface area contributed by atoms with Gasteiger partial charge < -0.3 is 15.4 Å². The predicted molar refractivity (Wildman–Crippen MR) is 118 cm³/mol. The summed E-state index contributed by atoms with van der Waals surface area (Å²) in [5.74, 6) is -0.236. The SMILES string of the molecule is Cc1ccc2c(Cl)cc(Cl)c(OCC(=O)Nc3cccc(C(=O)NC4CC4)c3)c2n1. The number of hydrogen-bond donors (Lipinski definition) is 2. The molecule has 0 spiro atoms. The molecule has 1 saturated carbocycles. The van der Waals surface area contributed by atoms with Crippen LogP contribution in [0.2, 0.25) is 10.0 Å². The molecule has 0 unspecified atom stereocenters. The van der Waals surface area contributed by atoms with Gasteiger partial charge in [-0.3, -0.25) is 9.59 Å². The summed E-state index contributed by atoms with van der Waals surface area (Å²) in [6, 6.07) is 12.3. The number of nitrogens with zero attached hydrogens (tertiary/aromatic N) is 1. The normalized spacial score (nSPS) is 13.2. The number of benzene rings is 2. The number of ether oxygens (including phenoxy) is 1. The smallest absolute Gasteiger partial charge is 0.262 e. The first kappa shape index (κ1) is 20.4. The number of amides is 2. The second-order valence-corrected chi connectivity index (χ2v) is 8.00. The highest BCUT2D eigenvalue weighted by Crippen LogP contribution is 2.37. The first-order valence-corrected chi connectivity index (χ1v) is 10.3. The Morgan fingerprint density at radius 2 is 1.93 bits per heavy atom. The van der Waals surface area contributed by atoms with Gasteiger partial charge in [-0.25, -0.2) is 4.98 Å². The van der Waals surface area contributed by atoms with Crippen molar-refractivity contribution in [3.8, 4) is 5.75 Å². The average Bonchev–Trinajstić information content (AvgIpc) is 3.51. The summed E-state index contributed by atoms with van der Waals surface area (Å²) in [4.78, 5) is 29.0. The van der Waals surface area contributed by atoms with Crippen molar-refractivity contribution in [1.29, 1.82) is 0 Å². The maximum atomic E-state index is 12.4. The van der Waals surface area contributed by atoms with Crippen LogP contribution < -0.4 is 15.4 Å². The monoisotopic (exact) mass is 443 g/mol. The van der Waals surface area contributed by atoms with Gasteiger partial charge in [0.05, 0.1) is 10.0 Å². The van der Waals surface area contributed by atoms with Gasteiger partial charge in [0.25, 0.3) is 11.8 Å². The molecule has 2 amide bonds. The maximum Gasteiger partial charge on any atom is 0.262 e. The molecule has 2 aromatic carbocycles. The van der Waals surface area contributed by atoms with Gasteiger partial charge in [-0.2, -0.15) is 0 Å².